The van der Waals surface area contributed by atoms with Crippen molar-refractivity contribution < 1.29 is 37.3 Å². The number of fused-ring (bicyclic) bond motifs is 1. The summed E-state index contributed by atoms with van der Waals surface area (Å²) in [5.74, 6) is -4.95. The number of nitrogens with zero attached hydrogens (tertiary/aromatic N) is 4. The number of rotatable bonds is 5. The summed E-state index contributed by atoms with van der Waals surface area (Å²) < 4.78 is 61.5. The van der Waals surface area contributed by atoms with E-state index in [4.69, 9.17) is 25.8 Å². The highest BCUT2D eigenvalue weighted by Gasteiger charge is 2.53. The molecule has 6 rings (SSSR count). The lowest BCUT2D eigenvalue weighted by molar-refractivity contribution is -0.312. The molecule has 2 aliphatic rings. The maximum absolute atomic E-state index is 14.1. The zero-order chi connectivity index (χ0) is 32.9. The fourth-order valence-electron chi connectivity index (χ4n) is 5.89. The Morgan fingerprint density at radius 1 is 1.04 bits per heavy atom. The van der Waals surface area contributed by atoms with Gasteiger partial charge in [-0.25, -0.2) is 17.9 Å². The minimum Gasteiger partial charge on any atom is -0.387 e. The molecule has 3 heterocycles. The van der Waals surface area contributed by atoms with Crippen LogP contribution >= 0.6 is 11.6 Å². The summed E-state index contributed by atoms with van der Waals surface area (Å²) in [7, 11) is 1.57. The maximum atomic E-state index is 14.1. The molecule has 3 aromatic carbocycles. The van der Waals surface area contributed by atoms with Crippen molar-refractivity contribution in [2.24, 2.45) is 0 Å². The van der Waals surface area contributed by atoms with Crippen LogP contribution in [0, 0.1) is 17.5 Å². The highest BCUT2D eigenvalue weighted by atomic mass is 35.5. The lowest BCUT2D eigenvalue weighted by atomic mass is 9.85. The molecule has 242 valence electrons. The Kier molecular flexibility index (Phi) is 8.68. The van der Waals surface area contributed by atoms with E-state index in [0.29, 0.717) is 10.7 Å². The Morgan fingerprint density at radius 3 is 2.41 bits per heavy atom. The number of ether oxygens (including phenoxy) is 3. The summed E-state index contributed by atoms with van der Waals surface area (Å²) >= 11 is 6.33. The molecule has 1 N–H and O–H groups in total. The number of likely N-dealkylation sites (N-methyl/N-ethyl adjacent to an activating group) is 1. The molecule has 0 saturated carbocycles. The average molecular weight is 657 g/mol. The van der Waals surface area contributed by atoms with Crippen LogP contribution in [0.4, 0.5) is 18.9 Å². The van der Waals surface area contributed by atoms with E-state index in [1.807, 2.05) is 57.2 Å². The molecule has 1 amide bonds. The van der Waals surface area contributed by atoms with Crippen LogP contribution in [0.15, 0.2) is 66.9 Å². The second-order valence-corrected chi connectivity index (χ2v) is 12.8. The Labute approximate surface area is 268 Å². The molecule has 9 nitrogen and oxygen atoms in total. The van der Waals surface area contributed by atoms with Gasteiger partial charge in [-0.3, -0.25) is 4.79 Å². The molecule has 0 spiro atoms. The fraction of sp³-hybridized carbons (Fsp3) is 0.364. The summed E-state index contributed by atoms with van der Waals surface area (Å²) in [6.45, 7) is 6.03. The van der Waals surface area contributed by atoms with Crippen LogP contribution in [0.2, 0.25) is 5.02 Å². The van der Waals surface area contributed by atoms with E-state index in [-0.39, 0.29) is 23.3 Å². The molecule has 13 heteroatoms. The summed E-state index contributed by atoms with van der Waals surface area (Å²) in [6, 6.07) is 15.0. The average Bonchev–Trinajstić information content (AvgIpc) is 3.52. The van der Waals surface area contributed by atoms with Gasteiger partial charge in [0.15, 0.2) is 29.8 Å². The number of benzene rings is 3. The molecule has 2 saturated heterocycles. The zero-order valence-electron chi connectivity index (χ0n) is 25.4. The fourth-order valence-corrected chi connectivity index (χ4v) is 6.05. The Morgan fingerprint density at radius 2 is 1.74 bits per heavy atom. The quantitative estimate of drug-likeness (QED) is 0.273. The summed E-state index contributed by atoms with van der Waals surface area (Å²) in [5, 5.41) is 20.5. The number of amides is 1. The normalized spacial score (nSPS) is 24.8. The molecule has 4 aromatic rings. The Bertz CT molecular complexity index is 1730. The smallest absolute Gasteiger partial charge is 0.258 e. The van der Waals surface area contributed by atoms with E-state index >= 15 is 0 Å². The van der Waals surface area contributed by atoms with Gasteiger partial charge < -0.3 is 24.2 Å². The summed E-state index contributed by atoms with van der Waals surface area (Å²) in [4.78, 5) is 15.5. The van der Waals surface area contributed by atoms with Crippen molar-refractivity contribution in [2.75, 3.05) is 18.6 Å². The van der Waals surface area contributed by atoms with Gasteiger partial charge in [-0.2, -0.15) is 0 Å². The minimum absolute atomic E-state index is 0.00783. The van der Waals surface area contributed by atoms with Crippen LogP contribution in [-0.2, 0) is 24.4 Å². The molecule has 6 atom stereocenters. The van der Waals surface area contributed by atoms with Crippen molar-refractivity contribution >= 4 is 23.2 Å². The van der Waals surface area contributed by atoms with Crippen LogP contribution < -0.4 is 4.90 Å². The van der Waals surface area contributed by atoms with Gasteiger partial charge in [-0.15, -0.1) is 5.10 Å². The molecule has 2 fully saturated rings. The van der Waals surface area contributed by atoms with E-state index in [1.165, 1.54) is 15.8 Å². The predicted octanol–water partition coefficient (Wildman–Crippen LogP) is 5.76. The largest absolute Gasteiger partial charge is 0.387 e. The molecular formula is C33H32ClF3N4O5. The minimum atomic E-state index is -1.61. The van der Waals surface area contributed by atoms with Gasteiger partial charge in [0, 0.05) is 28.9 Å². The summed E-state index contributed by atoms with van der Waals surface area (Å²) in [5.41, 5.74) is 1.71. The van der Waals surface area contributed by atoms with Crippen LogP contribution in [0.5, 0.6) is 0 Å². The van der Waals surface area contributed by atoms with E-state index < -0.39 is 60.1 Å². The van der Waals surface area contributed by atoms with Crippen LogP contribution in [-0.4, -0.2) is 64.1 Å². The van der Waals surface area contributed by atoms with Crippen LogP contribution in [0.3, 0.4) is 0 Å². The highest BCUT2D eigenvalue weighted by Crippen LogP contribution is 2.41. The second-order valence-electron chi connectivity index (χ2n) is 12.4. The summed E-state index contributed by atoms with van der Waals surface area (Å²) in [6.07, 6.45) is -4.13. The van der Waals surface area contributed by atoms with Crippen molar-refractivity contribution in [1.29, 1.82) is 0 Å². The van der Waals surface area contributed by atoms with Crippen LogP contribution in [0.1, 0.15) is 44.2 Å². The van der Waals surface area contributed by atoms with Crippen molar-refractivity contribution in [1.82, 2.24) is 15.0 Å². The van der Waals surface area contributed by atoms with E-state index in [2.05, 4.69) is 10.3 Å². The number of hydrogen-bond acceptors (Lipinski definition) is 7. The van der Waals surface area contributed by atoms with Gasteiger partial charge in [0.1, 0.15) is 30.0 Å². The van der Waals surface area contributed by atoms with Crippen molar-refractivity contribution in [3.8, 4) is 11.3 Å². The number of carbonyl (C=O) groups is 1. The number of hydrogen-bond donors (Lipinski definition) is 1. The topological polar surface area (TPSA) is 98.9 Å². The first-order valence-electron chi connectivity index (χ1n) is 14.6. The molecule has 0 radical (unpaired) electrons. The Hall–Kier alpha value is -3.81. The number of aromatic nitrogens is 3. The van der Waals surface area contributed by atoms with E-state index in [1.54, 1.807) is 19.2 Å². The third-order valence-electron chi connectivity index (χ3n) is 8.25. The highest BCUT2D eigenvalue weighted by molar-refractivity contribution is 6.31. The lowest BCUT2D eigenvalue weighted by Crippen LogP contribution is -2.62. The number of aliphatic hydroxyl groups excluding tert-OH is 1. The van der Waals surface area contributed by atoms with Gasteiger partial charge in [0.2, 0.25) is 0 Å². The first-order chi connectivity index (χ1) is 21.8. The van der Waals surface area contributed by atoms with Gasteiger partial charge >= 0.3 is 0 Å². The van der Waals surface area contributed by atoms with E-state index in [9.17, 15) is 23.1 Å². The third kappa shape index (κ3) is 6.03. The molecule has 0 bridgehead atoms. The molecule has 46 heavy (non-hydrogen) atoms. The van der Waals surface area contributed by atoms with Crippen molar-refractivity contribution in [2.45, 2.75) is 62.9 Å². The predicted molar refractivity (Wildman–Crippen MR) is 163 cm³/mol. The number of halogens is 4. The molecule has 0 aliphatic carbocycles. The number of carbonyl (C=O) groups excluding carboxylic acids is 1. The number of anilines is 1. The zero-order valence-corrected chi connectivity index (χ0v) is 26.2. The molecule has 2 unspecified atom stereocenters. The van der Waals surface area contributed by atoms with E-state index in [0.717, 1.165) is 23.3 Å². The van der Waals surface area contributed by atoms with Gasteiger partial charge in [-0.05, 0) is 35.2 Å². The third-order valence-corrected chi connectivity index (χ3v) is 8.48. The van der Waals surface area contributed by atoms with Gasteiger partial charge in [-0.1, -0.05) is 74.0 Å². The standard InChI is InChI=1S/C33H32ClF3N4O5/c1-33(2,3)20-11-10-19(34)14-24(20)40(4)31(43)30-28(42)27(29-25(45-30)16-44-32(46-29)17-8-6-5-7-9-17)41-15-23(38-39-41)18-12-21(35)26(37)22(36)13-18/h5-15,25,27-30,32,42H,16H2,1-4H3/t25-,27-,28-,29+,30?,32?/m1/s1. The van der Waals surface area contributed by atoms with Crippen LogP contribution in [0.25, 0.3) is 11.3 Å². The molecular weight excluding hydrogens is 625 g/mol. The van der Waals surface area contributed by atoms with Gasteiger partial charge in [0.05, 0.1) is 12.8 Å². The first kappa shape index (κ1) is 32.1. The van der Waals surface area contributed by atoms with Gasteiger partial charge in [0.25, 0.3) is 5.91 Å². The SMILES string of the molecule is CN(C(=O)C1O[C@@H]2COC(c3ccccc3)O[C@@H]2[C@H](n2cc(-c3cc(F)c(F)c(F)c3)nn2)[C@H]1O)c1cc(Cl)ccc1C(C)(C)C. The maximum Gasteiger partial charge on any atom is 0.258 e. The molecule has 2 aliphatic heterocycles. The van der Waals surface area contributed by atoms with Crippen molar-refractivity contribution in [3.05, 3.63) is 100 Å². The first-order valence-corrected chi connectivity index (χ1v) is 15.0. The lowest BCUT2D eigenvalue weighted by Gasteiger charge is -2.48. The number of aliphatic hydroxyl groups is 1. The molecule has 1 aromatic heterocycles. The monoisotopic (exact) mass is 656 g/mol. The Balaban J connectivity index is 1.37. The second kappa shape index (κ2) is 12.4. The van der Waals surface area contributed by atoms with Crippen molar-refractivity contribution in [3.63, 3.8) is 0 Å².